The van der Waals surface area contributed by atoms with Gasteiger partial charge in [0, 0.05) is 18.8 Å². The number of rotatable bonds is 6. The van der Waals surface area contributed by atoms with Crippen LogP contribution >= 0.6 is 0 Å². The van der Waals surface area contributed by atoms with Crippen LogP contribution in [-0.2, 0) is 16.2 Å². The van der Waals surface area contributed by atoms with Gasteiger partial charge >= 0.3 is 0 Å². The number of likely N-dealkylation sites (tertiary alicyclic amines) is 1. The SMILES string of the molecule is CC1CCCN(C(=O)CC(=O)Nc2ccc(OCc3ccccc3)cc2)C1. The lowest BCUT2D eigenvalue weighted by molar-refractivity contribution is -0.136. The van der Waals surface area contributed by atoms with Gasteiger partial charge in [0.1, 0.15) is 18.8 Å². The van der Waals surface area contributed by atoms with Crippen molar-refractivity contribution in [3.63, 3.8) is 0 Å². The Labute approximate surface area is 160 Å². The third-order valence-corrected chi connectivity index (χ3v) is 4.71. The molecule has 1 unspecified atom stereocenters. The average molecular weight is 366 g/mol. The second kappa shape index (κ2) is 9.21. The summed E-state index contributed by atoms with van der Waals surface area (Å²) in [5.74, 6) is 0.863. The molecule has 1 N–H and O–H groups in total. The molecule has 0 saturated carbocycles. The minimum atomic E-state index is -0.281. The van der Waals surface area contributed by atoms with E-state index in [0.717, 1.165) is 37.2 Å². The fourth-order valence-electron chi connectivity index (χ4n) is 3.25. The summed E-state index contributed by atoms with van der Waals surface area (Å²) in [6, 6.07) is 17.1. The third kappa shape index (κ3) is 5.84. The molecule has 142 valence electrons. The van der Waals surface area contributed by atoms with E-state index in [1.807, 2.05) is 42.5 Å². The maximum Gasteiger partial charge on any atom is 0.233 e. The topological polar surface area (TPSA) is 58.6 Å². The number of piperidine rings is 1. The van der Waals surface area contributed by atoms with Crippen LogP contribution < -0.4 is 10.1 Å². The van der Waals surface area contributed by atoms with E-state index in [1.165, 1.54) is 0 Å². The molecule has 1 atom stereocenters. The van der Waals surface area contributed by atoms with E-state index in [2.05, 4.69) is 12.2 Å². The van der Waals surface area contributed by atoms with Gasteiger partial charge < -0.3 is 15.0 Å². The van der Waals surface area contributed by atoms with Crippen molar-refractivity contribution in [2.45, 2.75) is 32.8 Å². The molecule has 5 heteroatoms. The number of nitrogens with zero attached hydrogens (tertiary/aromatic N) is 1. The first-order chi connectivity index (χ1) is 13.1. The summed E-state index contributed by atoms with van der Waals surface area (Å²) in [5.41, 5.74) is 1.76. The summed E-state index contributed by atoms with van der Waals surface area (Å²) in [4.78, 5) is 26.2. The van der Waals surface area contributed by atoms with Crippen molar-refractivity contribution >= 4 is 17.5 Å². The molecular formula is C22H26N2O3. The van der Waals surface area contributed by atoms with Crippen molar-refractivity contribution < 1.29 is 14.3 Å². The van der Waals surface area contributed by atoms with Crippen molar-refractivity contribution in [2.24, 2.45) is 5.92 Å². The monoisotopic (exact) mass is 366 g/mol. The van der Waals surface area contributed by atoms with Crippen molar-refractivity contribution in [3.8, 4) is 5.75 Å². The van der Waals surface area contributed by atoms with Gasteiger partial charge in [-0.25, -0.2) is 0 Å². The first kappa shape index (κ1) is 19.0. The number of carbonyl (C=O) groups is 2. The van der Waals surface area contributed by atoms with Crippen LogP contribution in [0.2, 0.25) is 0 Å². The van der Waals surface area contributed by atoms with E-state index in [9.17, 15) is 9.59 Å². The van der Waals surface area contributed by atoms with Crippen molar-refractivity contribution in [3.05, 3.63) is 60.2 Å². The number of benzene rings is 2. The fraction of sp³-hybridized carbons (Fsp3) is 0.364. The Hall–Kier alpha value is -2.82. The highest BCUT2D eigenvalue weighted by Crippen LogP contribution is 2.18. The number of anilines is 1. The highest BCUT2D eigenvalue weighted by atomic mass is 16.5. The van der Waals surface area contributed by atoms with E-state index >= 15 is 0 Å². The second-order valence-corrected chi connectivity index (χ2v) is 7.11. The predicted molar refractivity (Wildman–Crippen MR) is 105 cm³/mol. The van der Waals surface area contributed by atoms with E-state index in [1.54, 1.807) is 17.0 Å². The molecule has 0 bridgehead atoms. The molecule has 1 saturated heterocycles. The number of hydrogen-bond acceptors (Lipinski definition) is 3. The summed E-state index contributed by atoms with van der Waals surface area (Å²) in [6.45, 7) is 4.14. The molecular weight excluding hydrogens is 340 g/mol. The summed E-state index contributed by atoms with van der Waals surface area (Å²) >= 11 is 0. The van der Waals surface area contributed by atoms with Crippen LogP contribution in [0.15, 0.2) is 54.6 Å². The predicted octanol–water partition coefficient (Wildman–Crippen LogP) is 3.85. The Morgan fingerprint density at radius 3 is 2.56 bits per heavy atom. The van der Waals surface area contributed by atoms with Gasteiger partial charge in [-0.1, -0.05) is 37.3 Å². The van der Waals surface area contributed by atoms with Crippen LogP contribution in [0.1, 0.15) is 31.7 Å². The zero-order valence-corrected chi connectivity index (χ0v) is 15.7. The number of carbonyl (C=O) groups excluding carboxylic acids is 2. The van der Waals surface area contributed by atoms with Gasteiger partial charge in [-0.15, -0.1) is 0 Å². The second-order valence-electron chi connectivity index (χ2n) is 7.11. The summed E-state index contributed by atoms with van der Waals surface area (Å²) in [5, 5.41) is 2.78. The highest BCUT2D eigenvalue weighted by Gasteiger charge is 2.22. The molecule has 1 heterocycles. The lowest BCUT2D eigenvalue weighted by Crippen LogP contribution is -2.40. The van der Waals surface area contributed by atoms with E-state index in [-0.39, 0.29) is 18.2 Å². The molecule has 27 heavy (non-hydrogen) atoms. The lowest BCUT2D eigenvalue weighted by Gasteiger charge is -2.30. The van der Waals surface area contributed by atoms with Gasteiger partial charge in [-0.3, -0.25) is 9.59 Å². The van der Waals surface area contributed by atoms with Gasteiger partial charge in [-0.2, -0.15) is 0 Å². The van der Waals surface area contributed by atoms with E-state index < -0.39 is 0 Å². The summed E-state index contributed by atoms with van der Waals surface area (Å²) in [6.07, 6.45) is 2.05. The Morgan fingerprint density at radius 1 is 1.11 bits per heavy atom. The van der Waals surface area contributed by atoms with Crippen LogP contribution in [0.3, 0.4) is 0 Å². The van der Waals surface area contributed by atoms with Crippen LogP contribution in [0, 0.1) is 5.92 Å². The van der Waals surface area contributed by atoms with Crippen LogP contribution in [0.4, 0.5) is 5.69 Å². The normalized spacial score (nSPS) is 16.6. The lowest BCUT2D eigenvalue weighted by atomic mass is 10.00. The molecule has 0 aromatic heterocycles. The smallest absolute Gasteiger partial charge is 0.233 e. The minimum absolute atomic E-state index is 0.0955. The van der Waals surface area contributed by atoms with Gasteiger partial charge in [0.2, 0.25) is 11.8 Å². The van der Waals surface area contributed by atoms with Gasteiger partial charge in [0.25, 0.3) is 0 Å². The number of hydrogen-bond donors (Lipinski definition) is 1. The van der Waals surface area contributed by atoms with Crippen molar-refractivity contribution in [1.29, 1.82) is 0 Å². The molecule has 2 aromatic rings. The van der Waals surface area contributed by atoms with Gasteiger partial charge in [0.05, 0.1) is 0 Å². The molecule has 0 spiro atoms. The first-order valence-corrected chi connectivity index (χ1v) is 9.44. The molecule has 0 aliphatic carbocycles. The molecule has 1 fully saturated rings. The molecule has 3 rings (SSSR count). The summed E-state index contributed by atoms with van der Waals surface area (Å²) < 4.78 is 5.73. The third-order valence-electron chi connectivity index (χ3n) is 4.71. The molecule has 5 nitrogen and oxygen atoms in total. The molecule has 2 amide bonds. The summed E-state index contributed by atoms with van der Waals surface area (Å²) in [7, 11) is 0. The minimum Gasteiger partial charge on any atom is -0.489 e. The average Bonchev–Trinajstić information content (AvgIpc) is 2.68. The Kier molecular flexibility index (Phi) is 6.47. The van der Waals surface area contributed by atoms with Crippen LogP contribution in [0.5, 0.6) is 5.75 Å². The number of nitrogens with one attached hydrogen (secondary N) is 1. The van der Waals surface area contributed by atoms with Crippen LogP contribution in [-0.4, -0.2) is 29.8 Å². The number of amides is 2. The first-order valence-electron chi connectivity index (χ1n) is 9.44. The Morgan fingerprint density at radius 2 is 1.85 bits per heavy atom. The maximum atomic E-state index is 12.3. The molecule has 1 aliphatic rings. The zero-order chi connectivity index (χ0) is 19.1. The highest BCUT2D eigenvalue weighted by molar-refractivity contribution is 6.03. The molecule has 2 aromatic carbocycles. The fourth-order valence-corrected chi connectivity index (χ4v) is 3.25. The largest absolute Gasteiger partial charge is 0.489 e. The van der Waals surface area contributed by atoms with Crippen molar-refractivity contribution in [2.75, 3.05) is 18.4 Å². The van der Waals surface area contributed by atoms with Crippen molar-refractivity contribution in [1.82, 2.24) is 4.90 Å². The standard InChI is InChI=1S/C22H26N2O3/c1-17-6-5-13-24(15-17)22(26)14-21(25)23-19-9-11-20(12-10-19)27-16-18-7-3-2-4-8-18/h2-4,7-12,17H,5-6,13-16H2,1H3,(H,23,25). The Bertz CT molecular complexity index is 759. The quantitative estimate of drug-likeness (QED) is 0.790. The van der Waals surface area contributed by atoms with E-state index in [0.29, 0.717) is 18.2 Å². The molecule has 1 aliphatic heterocycles. The van der Waals surface area contributed by atoms with Gasteiger partial charge in [-0.05, 0) is 48.6 Å². The number of ether oxygens (including phenoxy) is 1. The molecule has 0 radical (unpaired) electrons. The maximum absolute atomic E-state index is 12.3. The van der Waals surface area contributed by atoms with Gasteiger partial charge in [0.15, 0.2) is 0 Å². The van der Waals surface area contributed by atoms with Crippen LogP contribution in [0.25, 0.3) is 0 Å². The van der Waals surface area contributed by atoms with E-state index in [4.69, 9.17) is 4.74 Å². The zero-order valence-electron chi connectivity index (χ0n) is 15.7. The Balaban J connectivity index is 1.46.